The van der Waals surface area contributed by atoms with E-state index in [1.165, 1.54) is 25.6 Å². The lowest BCUT2D eigenvalue weighted by atomic mass is 9.98. The first kappa shape index (κ1) is 27.6. The Bertz CT molecular complexity index is 1950. The summed E-state index contributed by atoms with van der Waals surface area (Å²) in [4.78, 5) is 13.5. The van der Waals surface area contributed by atoms with E-state index in [1.54, 1.807) is 29.6 Å². The highest BCUT2D eigenvalue weighted by atomic mass is 32.2. The molecule has 0 saturated carbocycles. The van der Waals surface area contributed by atoms with Crippen molar-refractivity contribution in [3.8, 4) is 11.1 Å². The number of fused-ring (bicyclic) bond motifs is 5. The molecule has 4 nitrogen and oxygen atoms in total. The second-order valence-electron chi connectivity index (χ2n) is 11.0. The third-order valence-electron chi connectivity index (χ3n) is 8.35. The number of nitrogens with zero attached hydrogens (tertiary/aromatic N) is 3. The molecule has 0 amide bonds. The van der Waals surface area contributed by atoms with Gasteiger partial charge in [-0.25, -0.2) is 0 Å². The van der Waals surface area contributed by atoms with Crippen LogP contribution in [0.3, 0.4) is 0 Å². The Hall–Kier alpha value is -3.92. The van der Waals surface area contributed by atoms with Crippen molar-refractivity contribution in [2.24, 2.45) is 0 Å². The van der Waals surface area contributed by atoms with E-state index >= 15 is 0 Å². The van der Waals surface area contributed by atoms with Gasteiger partial charge in [-0.05, 0) is 59.7 Å². The van der Waals surface area contributed by atoms with Gasteiger partial charge in [0.2, 0.25) is 0 Å². The second kappa shape index (κ2) is 10.9. The fourth-order valence-corrected chi connectivity index (χ4v) is 8.67. The van der Waals surface area contributed by atoms with Gasteiger partial charge in [0, 0.05) is 80.8 Å². The standard InChI is InChI=1S/C35H27F3N4S2/c36-35(37,38)27-20-24(11-13-29(27)41-17-14-39-15-18-41)42-16-4-5-23-21-40-28-12-10-22(19-26(28)33(23)42)25-6-3-9-32-34(25)44-31-8-2-1-7-30(31)43-32/h1-13,19-21,39H,14-18H2. The van der Waals surface area contributed by atoms with E-state index in [1.807, 2.05) is 40.3 Å². The SMILES string of the molecule is FC(F)(F)c1cc(N2CC=Cc3cnc4ccc(-c5cccc6c5Sc5ccccc5S6)cc4c32)ccc1N1CCNCC1. The predicted molar refractivity (Wildman–Crippen MR) is 174 cm³/mol. The van der Waals surface area contributed by atoms with Gasteiger partial charge in [-0.1, -0.05) is 66.0 Å². The molecule has 0 radical (unpaired) electrons. The number of halogens is 3. The van der Waals surface area contributed by atoms with Crippen molar-refractivity contribution in [2.45, 2.75) is 25.8 Å². The van der Waals surface area contributed by atoms with Gasteiger partial charge in [0.25, 0.3) is 0 Å². The summed E-state index contributed by atoms with van der Waals surface area (Å²) >= 11 is 3.56. The molecule has 220 valence electrons. The molecule has 0 atom stereocenters. The molecule has 1 N–H and O–H groups in total. The number of pyridine rings is 1. The van der Waals surface area contributed by atoms with Crippen LogP contribution in [-0.2, 0) is 6.18 Å². The number of hydrogen-bond donors (Lipinski definition) is 1. The topological polar surface area (TPSA) is 31.4 Å². The highest BCUT2D eigenvalue weighted by Crippen LogP contribution is 2.52. The monoisotopic (exact) mass is 624 g/mol. The van der Waals surface area contributed by atoms with Crippen molar-refractivity contribution in [3.63, 3.8) is 0 Å². The number of aromatic nitrogens is 1. The Balaban J connectivity index is 1.24. The molecular weight excluding hydrogens is 598 g/mol. The third kappa shape index (κ3) is 4.83. The van der Waals surface area contributed by atoms with Crippen LogP contribution in [0.15, 0.2) is 111 Å². The molecule has 0 unspecified atom stereocenters. The number of alkyl halides is 3. The van der Waals surface area contributed by atoms with Gasteiger partial charge in [-0.15, -0.1) is 0 Å². The Morgan fingerprint density at radius 3 is 2.43 bits per heavy atom. The van der Waals surface area contributed by atoms with Crippen LogP contribution in [0, 0.1) is 0 Å². The van der Waals surface area contributed by atoms with Crippen molar-refractivity contribution in [3.05, 3.63) is 102 Å². The van der Waals surface area contributed by atoms with Crippen molar-refractivity contribution >= 4 is 57.6 Å². The molecule has 1 aromatic heterocycles. The van der Waals surface area contributed by atoms with Gasteiger partial charge in [-0.3, -0.25) is 4.98 Å². The van der Waals surface area contributed by atoms with Crippen LogP contribution >= 0.6 is 23.5 Å². The smallest absolute Gasteiger partial charge is 0.368 e. The molecule has 3 aliphatic rings. The summed E-state index contributed by atoms with van der Waals surface area (Å²) < 4.78 is 43.4. The average Bonchev–Trinajstić information content (AvgIpc) is 3.06. The lowest BCUT2D eigenvalue weighted by Crippen LogP contribution is -2.44. The number of nitrogens with one attached hydrogen (secondary N) is 1. The zero-order valence-electron chi connectivity index (χ0n) is 23.6. The molecule has 4 aromatic carbocycles. The molecular formula is C35H27F3N4S2. The molecule has 4 heterocycles. The Morgan fingerprint density at radius 2 is 1.61 bits per heavy atom. The minimum atomic E-state index is -4.47. The molecule has 0 aliphatic carbocycles. The fraction of sp³-hybridized carbons (Fsp3) is 0.171. The Morgan fingerprint density at radius 1 is 0.818 bits per heavy atom. The zero-order valence-corrected chi connectivity index (χ0v) is 25.2. The summed E-state index contributed by atoms with van der Waals surface area (Å²) in [7, 11) is 0. The number of benzene rings is 4. The Labute approximate surface area is 262 Å². The van der Waals surface area contributed by atoms with Crippen molar-refractivity contribution in [1.82, 2.24) is 10.3 Å². The number of hydrogen-bond acceptors (Lipinski definition) is 6. The highest BCUT2D eigenvalue weighted by Gasteiger charge is 2.36. The van der Waals surface area contributed by atoms with Gasteiger partial charge >= 0.3 is 6.18 Å². The van der Waals surface area contributed by atoms with Gasteiger partial charge in [-0.2, -0.15) is 13.2 Å². The summed E-state index contributed by atoms with van der Waals surface area (Å²) in [6.07, 6.45) is 1.33. The molecule has 1 saturated heterocycles. The van der Waals surface area contributed by atoms with Crippen LogP contribution < -0.4 is 15.1 Å². The second-order valence-corrected chi connectivity index (χ2v) is 13.2. The normalized spacial score (nSPS) is 16.1. The molecule has 3 aliphatic heterocycles. The zero-order chi connectivity index (χ0) is 29.8. The van der Waals surface area contributed by atoms with E-state index in [0.717, 1.165) is 33.3 Å². The minimum absolute atomic E-state index is 0.239. The van der Waals surface area contributed by atoms with E-state index in [-0.39, 0.29) is 5.69 Å². The van der Waals surface area contributed by atoms with Crippen molar-refractivity contribution in [1.29, 1.82) is 0 Å². The van der Waals surface area contributed by atoms with E-state index < -0.39 is 11.7 Å². The van der Waals surface area contributed by atoms with Crippen molar-refractivity contribution < 1.29 is 13.2 Å². The van der Waals surface area contributed by atoms with Gasteiger partial charge < -0.3 is 15.1 Å². The highest BCUT2D eigenvalue weighted by molar-refractivity contribution is 8.05. The van der Waals surface area contributed by atoms with Crippen LogP contribution in [-0.4, -0.2) is 37.7 Å². The molecule has 8 rings (SSSR count). The van der Waals surface area contributed by atoms with Crippen LogP contribution in [0.1, 0.15) is 11.1 Å². The molecule has 9 heteroatoms. The van der Waals surface area contributed by atoms with E-state index in [0.29, 0.717) is 38.4 Å². The largest absolute Gasteiger partial charge is 0.418 e. The lowest BCUT2D eigenvalue weighted by Gasteiger charge is -2.34. The summed E-state index contributed by atoms with van der Waals surface area (Å²) in [5, 5.41) is 4.14. The van der Waals surface area contributed by atoms with E-state index in [9.17, 15) is 13.2 Å². The summed E-state index contributed by atoms with van der Waals surface area (Å²) in [6.45, 7) is 2.88. The molecule has 5 aromatic rings. The van der Waals surface area contributed by atoms with Crippen molar-refractivity contribution in [2.75, 3.05) is 42.5 Å². The number of anilines is 3. The fourth-order valence-electron chi connectivity index (χ4n) is 6.27. The lowest BCUT2D eigenvalue weighted by molar-refractivity contribution is -0.137. The van der Waals surface area contributed by atoms with Gasteiger partial charge in [0.05, 0.1) is 16.8 Å². The first-order valence-electron chi connectivity index (χ1n) is 14.6. The maximum atomic E-state index is 14.5. The summed E-state index contributed by atoms with van der Waals surface area (Å²) in [6, 6.07) is 25.9. The minimum Gasteiger partial charge on any atom is -0.368 e. The van der Waals surface area contributed by atoms with Crippen LogP contribution in [0.5, 0.6) is 0 Å². The Kier molecular flexibility index (Phi) is 6.85. The maximum absolute atomic E-state index is 14.5. The number of rotatable bonds is 3. The van der Waals surface area contributed by atoms with Crippen LogP contribution in [0.4, 0.5) is 30.2 Å². The van der Waals surface area contributed by atoms with E-state index in [4.69, 9.17) is 4.98 Å². The predicted octanol–water partition coefficient (Wildman–Crippen LogP) is 9.11. The quantitative estimate of drug-likeness (QED) is 0.211. The number of piperazine rings is 1. The molecule has 0 bridgehead atoms. The summed E-state index contributed by atoms with van der Waals surface area (Å²) in [5.74, 6) is 0. The average molecular weight is 625 g/mol. The van der Waals surface area contributed by atoms with E-state index in [2.05, 4.69) is 59.9 Å². The first-order valence-corrected chi connectivity index (χ1v) is 16.2. The maximum Gasteiger partial charge on any atom is 0.418 e. The van der Waals surface area contributed by atoms with Crippen LogP contribution in [0.25, 0.3) is 28.1 Å². The molecule has 1 fully saturated rings. The molecule has 44 heavy (non-hydrogen) atoms. The molecule has 0 spiro atoms. The van der Waals surface area contributed by atoms with Crippen LogP contribution in [0.2, 0.25) is 0 Å². The van der Waals surface area contributed by atoms with Gasteiger partial charge in [0.1, 0.15) is 0 Å². The first-order chi connectivity index (χ1) is 21.4. The third-order valence-corrected chi connectivity index (χ3v) is 11.0. The van der Waals surface area contributed by atoms with Gasteiger partial charge in [0.15, 0.2) is 0 Å². The summed E-state index contributed by atoms with van der Waals surface area (Å²) in [5.41, 5.74) is 4.90.